The van der Waals surface area contributed by atoms with Crippen LogP contribution < -0.4 is 17.0 Å². The molecule has 0 bridgehead atoms. The van der Waals surface area contributed by atoms with Gasteiger partial charge in [-0.25, -0.2) is 14.6 Å². The van der Waals surface area contributed by atoms with Crippen LogP contribution >= 0.6 is 0 Å². The number of carbonyl (C=O) groups excluding carboxylic acids is 2. The molecule has 0 saturated heterocycles. The minimum absolute atomic E-state index is 0. The van der Waals surface area contributed by atoms with Gasteiger partial charge in [-0.2, -0.15) is 0 Å². The highest BCUT2D eigenvalue weighted by Crippen LogP contribution is 2.05. The highest BCUT2D eigenvalue weighted by molar-refractivity contribution is 7.80. The fourth-order valence-electron chi connectivity index (χ4n) is 1.86. The van der Waals surface area contributed by atoms with Gasteiger partial charge in [0.1, 0.15) is 6.42 Å². The van der Waals surface area contributed by atoms with E-state index >= 15 is 0 Å². The molecular weight excluding hydrogens is 408 g/mol. The lowest BCUT2D eigenvalue weighted by atomic mass is 10.3. The molecule has 0 aliphatic carbocycles. The topological polar surface area (TPSA) is 59.1 Å². The molecule has 0 N–H and O–H groups in total. The third kappa shape index (κ3) is 12.4. The summed E-state index contributed by atoms with van der Waals surface area (Å²) < 4.78 is 10.5. The second kappa shape index (κ2) is 15.7. The van der Waals surface area contributed by atoms with Crippen LogP contribution in [0.1, 0.15) is 46.0 Å². The van der Waals surface area contributed by atoms with Gasteiger partial charge in [0.2, 0.25) is 11.4 Å². The maximum absolute atomic E-state index is 12.4. The van der Waals surface area contributed by atoms with E-state index in [1.54, 1.807) is 0 Å². The Morgan fingerprint density at radius 1 is 0.920 bits per heavy atom. The Hall–Kier alpha value is -0.570. The summed E-state index contributed by atoms with van der Waals surface area (Å²) in [4.78, 5) is 28.2. The number of hydrogen-bond acceptors (Lipinski definition) is 4. The number of ether oxygens (including phenoxy) is 2. The average Bonchev–Trinajstić information content (AvgIpc) is 2.50. The number of esters is 2. The maximum atomic E-state index is 12.4. The van der Waals surface area contributed by atoms with Gasteiger partial charge in [0, 0.05) is 0 Å². The fraction of sp³-hybridized carbons (Fsp3) is 0.824. The molecule has 25 heavy (non-hydrogen) atoms. The first-order chi connectivity index (χ1) is 11.3. The number of rotatable bonds is 10. The predicted octanol–water partition coefficient (Wildman–Crippen LogP) is -1.27. The normalized spacial score (nSPS) is 11.7. The molecule has 1 atom stereocenters. The van der Waals surface area contributed by atoms with Gasteiger partial charge in [0.25, 0.3) is 5.25 Å². The Morgan fingerprint density at radius 2 is 1.40 bits per heavy atom. The van der Waals surface area contributed by atoms with Gasteiger partial charge in [0.15, 0.2) is 0 Å². The first kappa shape index (κ1) is 26.7. The third-order valence-electron chi connectivity index (χ3n) is 3.13. The predicted molar refractivity (Wildman–Crippen MR) is 99.9 cm³/mol. The number of hydrogen-bond donors (Lipinski definition) is 0. The molecule has 0 aliphatic rings. The standard InChI is InChI=1S/C17H33N2O4S.BrH/c1-7-9-11-22-15(20)13-14(16(21)23-12-10-8-2)24-17(18(3)4)19(5)6;/h14H,7-13H2,1-6H3;1H/q+1;/p-1. The van der Waals surface area contributed by atoms with Crippen LogP contribution in [0, 0.1) is 0 Å². The molecule has 0 aliphatic heterocycles. The lowest BCUT2D eigenvalue weighted by Crippen LogP contribution is -3.00. The van der Waals surface area contributed by atoms with E-state index in [1.807, 2.05) is 51.8 Å². The summed E-state index contributed by atoms with van der Waals surface area (Å²) in [7, 11) is 7.62. The van der Waals surface area contributed by atoms with Crippen LogP contribution in [0.3, 0.4) is 0 Å². The monoisotopic (exact) mass is 440 g/mol. The van der Waals surface area contributed by atoms with Crippen molar-refractivity contribution in [2.45, 2.75) is 51.2 Å². The van der Waals surface area contributed by atoms with Gasteiger partial charge < -0.3 is 26.5 Å². The average molecular weight is 441 g/mol. The first-order valence-electron chi connectivity index (χ1n) is 8.53. The van der Waals surface area contributed by atoms with Crippen molar-refractivity contribution >= 4 is 28.4 Å². The van der Waals surface area contributed by atoms with Crippen LogP contribution in [-0.2, 0) is 30.4 Å². The van der Waals surface area contributed by atoms with Gasteiger partial charge in [-0.3, -0.25) is 4.79 Å². The van der Waals surface area contributed by atoms with Crippen LogP contribution in [-0.4, -0.2) is 73.5 Å². The first-order valence-corrected chi connectivity index (χ1v) is 9.41. The summed E-state index contributed by atoms with van der Waals surface area (Å²) in [6, 6.07) is 0. The molecule has 0 aromatic heterocycles. The number of nitrogens with zero attached hydrogens (tertiary/aromatic N) is 2. The van der Waals surface area contributed by atoms with Crippen molar-refractivity contribution in [3.05, 3.63) is 0 Å². The molecule has 0 amide bonds. The van der Waals surface area contributed by atoms with Crippen molar-refractivity contribution in [3.63, 3.8) is 0 Å². The van der Waals surface area contributed by atoms with E-state index in [4.69, 9.17) is 9.47 Å². The van der Waals surface area contributed by atoms with Crippen LogP contribution in [0.5, 0.6) is 0 Å². The van der Waals surface area contributed by atoms with E-state index in [2.05, 4.69) is 0 Å². The lowest BCUT2D eigenvalue weighted by molar-refractivity contribution is -0.149. The van der Waals surface area contributed by atoms with Crippen LogP contribution in [0.25, 0.3) is 0 Å². The van der Waals surface area contributed by atoms with Crippen molar-refractivity contribution in [1.29, 1.82) is 0 Å². The molecule has 0 saturated carbocycles. The van der Waals surface area contributed by atoms with E-state index in [1.165, 1.54) is 11.4 Å². The molecule has 148 valence electrons. The molecule has 0 aromatic carbocycles. The van der Waals surface area contributed by atoms with E-state index in [-0.39, 0.29) is 35.3 Å². The largest absolute Gasteiger partial charge is 1.00 e. The summed E-state index contributed by atoms with van der Waals surface area (Å²) in [5.41, 5.74) is 0. The quantitative estimate of drug-likeness (QED) is 0.182. The van der Waals surface area contributed by atoms with Crippen molar-refractivity contribution in [3.8, 4) is 0 Å². The molecule has 0 aromatic rings. The van der Waals surface area contributed by atoms with Crippen molar-refractivity contribution in [2.75, 3.05) is 41.4 Å². The lowest BCUT2D eigenvalue weighted by Gasteiger charge is -2.13. The molecule has 0 rings (SSSR count). The molecule has 6 nitrogen and oxygen atoms in total. The number of carbonyl (C=O) groups is 2. The molecule has 1 unspecified atom stereocenters. The molecule has 8 heteroatoms. The van der Waals surface area contributed by atoms with Gasteiger partial charge in [-0.05, 0) is 41.0 Å². The Morgan fingerprint density at radius 3 is 1.84 bits per heavy atom. The Balaban J connectivity index is 0. The van der Waals surface area contributed by atoms with E-state index in [9.17, 15) is 9.59 Å². The fourth-order valence-corrected chi connectivity index (χ4v) is 2.92. The summed E-state index contributed by atoms with van der Waals surface area (Å²) in [6.07, 6.45) is 3.59. The summed E-state index contributed by atoms with van der Waals surface area (Å²) in [6.45, 7) is 4.86. The van der Waals surface area contributed by atoms with Crippen LogP contribution in [0.15, 0.2) is 0 Å². The highest BCUT2D eigenvalue weighted by atomic mass is 79.9. The summed E-state index contributed by atoms with van der Waals surface area (Å²) in [5, 5.41) is 0.282. The minimum Gasteiger partial charge on any atom is -1.00 e. The van der Waals surface area contributed by atoms with Crippen LogP contribution in [0.2, 0.25) is 0 Å². The maximum Gasteiger partial charge on any atom is 0.370 e. The molecule has 0 radical (unpaired) electrons. The van der Waals surface area contributed by atoms with Gasteiger partial charge in [-0.15, -0.1) is 0 Å². The minimum atomic E-state index is -0.601. The summed E-state index contributed by atoms with van der Waals surface area (Å²) in [5.74, 6) is -0.715. The van der Waals surface area contributed by atoms with Crippen molar-refractivity contribution in [2.24, 2.45) is 0 Å². The van der Waals surface area contributed by atoms with Crippen molar-refractivity contribution < 1.29 is 36.0 Å². The number of halogens is 1. The van der Waals surface area contributed by atoms with E-state index in [0.29, 0.717) is 13.2 Å². The van der Waals surface area contributed by atoms with E-state index in [0.717, 1.165) is 30.8 Å². The molecule has 0 spiro atoms. The smallest absolute Gasteiger partial charge is 0.370 e. The van der Waals surface area contributed by atoms with Gasteiger partial charge in [-0.1, -0.05) is 26.7 Å². The second-order valence-corrected chi connectivity index (χ2v) is 7.15. The molecule has 0 heterocycles. The Bertz CT molecular complexity index is 407. The summed E-state index contributed by atoms with van der Waals surface area (Å²) >= 11 is 1.33. The van der Waals surface area contributed by atoms with Crippen LogP contribution in [0.4, 0.5) is 0 Å². The zero-order chi connectivity index (χ0) is 18.5. The van der Waals surface area contributed by atoms with Crippen molar-refractivity contribution in [1.82, 2.24) is 9.80 Å². The number of unbranched alkanes of at least 4 members (excludes halogenated alkanes) is 2. The van der Waals surface area contributed by atoms with Gasteiger partial charge >= 0.3 is 17.1 Å². The zero-order valence-corrected chi connectivity index (χ0v) is 18.7. The molecular formula is C17H33BrN2O4S. The Kier molecular flexibility index (Phi) is 16.7. The van der Waals surface area contributed by atoms with E-state index < -0.39 is 5.25 Å². The second-order valence-electron chi connectivity index (χ2n) is 5.98. The Labute approximate surface area is 166 Å². The third-order valence-corrected chi connectivity index (χ3v) is 4.72. The molecule has 0 fully saturated rings. The zero-order valence-electron chi connectivity index (χ0n) is 16.3. The highest BCUT2D eigenvalue weighted by Gasteiger charge is 2.36. The van der Waals surface area contributed by atoms with Gasteiger partial charge in [0.05, 0.1) is 13.2 Å². The SMILES string of the molecule is CCCCOC(=O)CC([S+]=C(N(C)C)N(C)C)C(=O)OCCCC.[Br-].